The molecule has 2 rings (SSSR count). The summed E-state index contributed by atoms with van der Waals surface area (Å²) >= 11 is 0. The van der Waals surface area contributed by atoms with Gasteiger partial charge in [-0.15, -0.1) is 0 Å². The monoisotopic (exact) mass is 388 g/mol. The number of morpholine rings is 1. The van der Waals surface area contributed by atoms with E-state index in [1.807, 2.05) is 56.3 Å². The van der Waals surface area contributed by atoms with Crippen LogP contribution in [0, 0.1) is 5.92 Å². The lowest BCUT2D eigenvalue weighted by atomic mass is 10.0. The van der Waals surface area contributed by atoms with E-state index < -0.39 is 13.3 Å². The molecule has 0 aromatic carbocycles. The zero-order chi connectivity index (χ0) is 19.7. The van der Waals surface area contributed by atoms with E-state index in [4.69, 9.17) is 14.0 Å². The summed E-state index contributed by atoms with van der Waals surface area (Å²) in [5.74, 6) is 1.26. The van der Waals surface area contributed by atoms with Crippen LogP contribution in [0.15, 0.2) is 4.76 Å². The largest absolute Gasteiger partial charge is 0.393 e. The van der Waals surface area contributed by atoms with Crippen molar-refractivity contribution >= 4 is 13.6 Å². The van der Waals surface area contributed by atoms with Crippen LogP contribution < -0.4 is 0 Å². The standard InChI is InChI=1S/C18H37N4O3P/c1-14(2)11-16-13-22(12-15(3)24-16)26(23,25-18(4,5)6)19-17-20(7)9-10-21(17)8/h14-16H,9-13H2,1-8H3/t15-,16+,26?/m0/s1. The highest BCUT2D eigenvalue weighted by Gasteiger charge is 2.42. The molecule has 2 aliphatic rings. The summed E-state index contributed by atoms with van der Waals surface area (Å²) in [4.78, 5) is 4.07. The summed E-state index contributed by atoms with van der Waals surface area (Å²) < 4.78 is 32.8. The maximum Gasteiger partial charge on any atom is 0.393 e. The lowest BCUT2D eigenvalue weighted by Gasteiger charge is -2.41. The van der Waals surface area contributed by atoms with E-state index in [0.717, 1.165) is 25.5 Å². The molecule has 0 radical (unpaired) electrons. The Morgan fingerprint density at radius 2 is 1.81 bits per heavy atom. The van der Waals surface area contributed by atoms with Gasteiger partial charge < -0.3 is 14.5 Å². The van der Waals surface area contributed by atoms with Gasteiger partial charge in [0.25, 0.3) is 0 Å². The number of hydrogen-bond donors (Lipinski definition) is 0. The maximum atomic E-state index is 14.0. The first kappa shape index (κ1) is 21.7. The number of guanidine groups is 1. The van der Waals surface area contributed by atoms with Crippen molar-refractivity contribution in [3.8, 4) is 0 Å². The van der Waals surface area contributed by atoms with Crippen molar-refractivity contribution in [2.24, 2.45) is 10.7 Å². The van der Waals surface area contributed by atoms with E-state index in [-0.39, 0.29) is 12.2 Å². The molecule has 0 N–H and O–H groups in total. The lowest BCUT2D eigenvalue weighted by molar-refractivity contribution is -0.0674. The Balaban J connectivity index is 2.34. The molecule has 8 heteroatoms. The quantitative estimate of drug-likeness (QED) is 0.674. The Morgan fingerprint density at radius 3 is 2.31 bits per heavy atom. The Hall–Kier alpha value is -0.620. The highest BCUT2D eigenvalue weighted by Crippen LogP contribution is 2.56. The van der Waals surface area contributed by atoms with Gasteiger partial charge in [0.05, 0.1) is 17.8 Å². The molecule has 0 aromatic heterocycles. The Bertz CT molecular complexity index is 547. The molecule has 0 spiro atoms. The molecule has 0 aromatic rings. The molecule has 2 saturated heterocycles. The van der Waals surface area contributed by atoms with E-state index in [9.17, 15) is 4.57 Å². The number of ether oxygens (including phenoxy) is 1. The summed E-state index contributed by atoms with van der Waals surface area (Å²) in [5, 5.41) is 0. The topological polar surface area (TPSA) is 57.6 Å². The number of nitrogens with zero attached hydrogens (tertiary/aromatic N) is 4. The van der Waals surface area contributed by atoms with Crippen molar-refractivity contribution in [3.05, 3.63) is 0 Å². The number of rotatable bonds is 5. The van der Waals surface area contributed by atoms with E-state index in [1.54, 1.807) is 0 Å². The molecule has 152 valence electrons. The first-order chi connectivity index (χ1) is 11.9. The molecule has 26 heavy (non-hydrogen) atoms. The summed E-state index contributed by atoms with van der Waals surface area (Å²) in [7, 11) is 0.559. The van der Waals surface area contributed by atoms with Crippen molar-refractivity contribution in [2.45, 2.75) is 65.8 Å². The molecule has 0 amide bonds. The minimum absolute atomic E-state index is 0.00336. The van der Waals surface area contributed by atoms with Gasteiger partial charge in [-0.1, -0.05) is 13.8 Å². The molecule has 2 aliphatic heterocycles. The van der Waals surface area contributed by atoms with Gasteiger partial charge >= 0.3 is 7.67 Å². The second-order valence-corrected chi connectivity index (χ2v) is 10.9. The predicted octanol–water partition coefficient (Wildman–Crippen LogP) is 3.28. The van der Waals surface area contributed by atoms with Gasteiger partial charge in [0, 0.05) is 40.3 Å². The summed E-state index contributed by atoms with van der Waals surface area (Å²) in [5.41, 5.74) is -0.551. The van der Waals surface area contributed by atoms with E-state index in [2.05, 4.69) is 13.8 Å². The molecular weight excluding hydrogens is 351 g/mol. The smallest absolute Gasteiger partial charge is 0.373 e. The summed E-state index contributed by atoms with van der Waals surface area (Å²) in [6.45, 7) is 15.1. The molecule has 3 atom stereocenters. The van der Waals surface area contributed by atoms with Gasteiger partial charge in [0.1, 0.15) is 0 Å². The van der Waals surface area contributed by atoms with Gasteiger partial charge in [0.15, 0.2) is 0 Å². The molecule has 1 unspecified atom stereocenters. The van der Waals surface area contributed by atoms with E-state index >= 15 is 0 Å². The molecule has 0 aliphatic carbocycles. The Morgan fingerprint density at radius 1 is 1.23 bits per heavy atom. The average molecular weight is 388 g/mol. The zero-order valence-corrected chi connectivity index (χ0v) is 18.6. The van der Waals surface area contributed by atoms with Gasteiger partial charge in [-0.25, -0.2) is 9.24 Å². The number of likely N-dealkylation sites (N-methyl/N-ethyl adjacent to an activating group) is 2. The summed E-state index contributed by atoms with van der Waals surface area (Å²) in [6, 6.07) is 0. The van der Waals surface area contributed by atoms with Gasteiger partial charge in [-0.05, 0) is 40.0 Å². The van der Waals surface area contributed by atoms with Gasteiger partial charge in [-0.2, -0.15) is 4.76 Å². The van der Waals surface area contributed by atoms with Crippen LogP contribution in [0.1, 0.15) is 48.0 Å². The van der Waals surface area contributed by atoms with Gasteiger partial charge in [0.2, 0.25) is 5.96 Å². The van der Waals surface area contributed by atoms with Crippen LogP contribution in [0.2, 0.25) is 0 Å². The molecule has 0 saturated carbocycles. The van der Waals surface area contributed by atoms with Crippen LogP contribution >= 0.6 is 7.67 Å². The lowest BCUT2D eigenvalue weighted by Crippen LogP contribution is -2.46. The van der Waals surface area contributed by atoms with Crippen molar-refractivity contribution < 1.29 is 13.8 Å². The molecular formula is C18H37N4O3P. The van der Waals surface area contributed by atoms with Crippen molar-refractivity contribution in [1.82, 2.24) is 14.5 Å². The second-order valence-electron chi connectivity index (χ2n) is 9.01. The van der Waals surface area contributed by atoms with Crippen molar-refractivity contribution in [2.75, 3.05) is 40.3 Å². The molecule has 2 fully saturated rings. The minimum Gasteiger partial charge on any atom is -0.373 e. The van der Waals surface area contributed by atoms with Crippen LogP contribution in [0.25, 0.3) is 0 Å². The highest BCUT2D eigenvalue weighted by molar-refractivity contribution is 7.55. The first-order valence-electron chi connectivity index (χ1n) is 9.64. The normalized spacial score (nSPS) is 28.0. The fraction of sp³-hybridized carbons (Fsp3) is 0.944. The predicted molar refractivity (Wildman–Crippen MR) is 107 cm³/mol. The third-order valence-corrected chi connectivity index (χ3v) is 6.72. The molecule has 0 bridgehead atoms. The van der Waals surface area contributed by atoms with Crippen molar-refractivity contribution in [3.63, 3.8) is 0 Å². The van der Waals surface area contributed by atoms with Crippen LogP contribution in [0.4, 0.5) is 0 Å². The zero-order valence-electron chi connectivity index (χ0n) is 17.7. The fourth-order valence-electron chi connectivity index (χ4n) is 3.44. The van der Waals surface area contributed by atoms with Crippen LogP contribution in [-0.2, 0) is 13.8 Å². The van der Waals surface area contributed by atoms with Crippen LogP contribution in [0.3, 0.4) is 0 Å². The Labute approximate surface area is 159 Å². The van der Waals surface area contributed by atoms with Gasteiger partial charge in [-0.3, -0.25) is 4.52 Å². The van der Waals surface area contributed by atoms with E-state index in [0.29, 0.717) is 19.0 Å². The first-order valence-corrected chi connectivity index (χ1v) is 11.2. The second kappa shape index (κ2) is 8.17. The molecule has 2 heterocycles. The number of hydrogen-bond acceptors (Lipinski definition) is 3. The minimum atomic E-state index is -3.40. The molecule has 7 nitrogen and oxygen atoms in total. The van der Waals surface area contributed by atoms with E-state index in [1.165, 1.54) is 0 Å². The summed E-state index contributed by atoms with van der Waals surface area (Å²) in [6.07, 6.45) is 0.991. The Kier molecular flexibility index (Phi) is 6.81. The average Bonchev–Trinajstić information content (AvgIpc) is 2.76. The SMILES string of the molecule is CC(C)C[C@@H]1CN(P(=O)(N=C2N(C)CCN2C)OC(C)(C)C)C[C@H](C)O1. The maximum absolute atomic E-state index is 14.0. The third kappa shape index (κ3) is 5.69. The van der Waals surface area contributed by atoms with Crippen LogP contribution in [0.5, 0.6) is 0 Å². The fourth-order valence-corrected chi connectivity index (χ4v) is 5.79. The highest BCUT2D eigenvalue weighted by atomic mass is 31.2. The van der Waals surface area contributed by atoms with Crippen molar-refractivity contribution in [1.29, 1.82) is 0 Å². The third-order valence-electron chi connectivity index (χ3n) is 4.46. The van der Waals surface area contributed by atoms with Crippen LogP contribution in [-0.4, -0.2) is 78.5 Å².